The molecule has 29 heavy (non-hydrogen) atoms. The van der Waals surface area contributed by atoms with E-state index in [0.29, 0.717) is 13.2 Å². The lowest BCUT2D eigenvalue weighted by atomic mass is 10.0. The summed E-state index contributed by atoms with van der Waals surface area (Å²) in [6, 6.07) is 25.2. The van der Waals surface area contributed by atoms with Crippen molar-refractivity contribution in [3.05, 3.63) is 106 Å². The van der Waals surface area contributed by atoms with Gasteiger partial charge >= 0.3 is 0 Å². The summed E-state index contributed by atoms with van der Waals surface area (Å²) in [5.41, 5.74) is 4.15. The number of nitrogens with one attached hydrogen (secondary N) is 1. The average molecular weight is 406 g/mol. The van der Waals surface area contributed by atoms with Crippen molar-refractivity contribution in [1.29, 1.82) is 0 Å². The van der Waals surface area contributed by atoms with Crippen LogP contribution < -0.4 is 10.1 Å². The molecule has 0 radical (unpaired) electrons. The first-order valence-electron chi connectivity index (χ1n) is 9.48. The lowest BCUT2D eigenvalue weighted by molar-refractivity contribution is 0.304. The molecule has 0 bridgehead atoms. The van der Waals surface area contributed by atoms with Crippen LogP contribution in [0.3, 0.4) is 0 Å². The molecule has 0 atom stereocenters. The highest BCUT2D eigenvalue weighted by atomic mass is 35.5. The molecule has 146 valence electrons. The van der Waals surface area contributed by atoms with Gasteiger partial charge in [0.15, 0.2) is 0 Å². The first-order valence-corrected chi connectivity index (χ1v) is 9.86. The van der Waals surface area contributed by atoms with E-state index in [1.165, 1.54) is 11.6 Å². The minimum atomic E-state index is -0.426. The quantitative estimate of drug-likeness (QED) is 0.368. The van der Waals surface area contributed by atoms with E-state index in [0.717, 1.165) is 33.3 Å². The number of hydrogen-bond acceptors (Lipinski definition) is 2. The first-order chi connectivity index (χ1) is 14.1. The van der Waals surface area contributed by atoms with Crippen LogP contribution >= 0.6 is 11.6 Å². The highest BCUT2D eigenvalue weighted by Gasteiger charge is 2.10. The Kier molecular flexibility index (Phi) is 5.68. The van der Waals surface area contributed by atoms with Crippen LogP contribution in [0, 0.1) is 12.7 Å². The molecule has 0 aromatic heterocycles. The SMILES string of the molecule is Cc1cccc(COc2ccc3ccccc3c2CNc2ccc(F)c(Cl)c2)c1. The topological polar surface area (TPSA) is 21.3 Å². The summed E-state index contributed by atoms with van der Waals surface area (Å²) in [7, 11) is 0. The summed E-state index contributed by atoms with van der Waals surface area (Å²) >= 11 is 5.91. The highest BCUT2D eigenvalue weighted by Crippen LogP contribution is 2.30. The number of ether oxygens (including phenoxy) is 1. The Balaban J connectivity index is 1.62. The molecule has 4 aromatic carbocycles. The van der Waals surface area contributed by atoms with Crippen molar-refractivity contribution < 1.29 is 9.13 Å². The van der Waals surface area contributed by atoms with Gasteiger partial charge in [0.1, 0.15) is 18.2 Å². The van der Waals surface area contributed by atoms with Gasteiger partial charge in [0, 0.05) is 17.8 Å². The second-order valence-electron chi connectivity index (χ2n) is 7.02. The van der Waals surface area contributed by atoms with Crippen molar-refractivity contribution >= 4 is 28.1 Å². The summed E-state index contributed by atoms with van der Waals surface area (Å²) in [6.45, 7) is 3.10. The second kappa shape index (κ2) is 8.54. The molecule has 0 aliphatic rings. The van der Waals surface area contributed by atoms with Crippen LogP contribution in [-0.4, -0.2) is 0 Å². The van der Waals surface area contributed by atoms with E-state index in [9.17, 15) is 4.39 Å². The smallest absolute Gasteiger partial charge is 0.141 e. The predicted octanol–water partition coefficient (Wildman–Crippen LogP) is 7.13. The highest BCUT2D eigenvalue weighted by molar-refractivity contribution is 6.31. The van der Waals surface area contributed by atoms with Gasteiger partial charge in [0.05, 0.1) is 5.02 Å². The second-order valence-corrected chi connectivity index (χ2v) is 7.43. The molecular weight excluding hydrogens is 385 g/mol. The Morgan fingerprint density at radius 3 is 2.62 bits per heavy atom. The Hall–Kier alpha value is -3.04. The van der Waals surface area contributed by atoms with Crippen molar-refractivity contribution in [3.8, 4) is 5.75 Å². The molecule has 0 aliphatic carbocycles. The van der Waals surface area contributed by atoms with Crippen molar-refractivity contribution in [2.24, 2.45) is 0 Å². The van der Waals surface area contributed by atoms with Crippen molar-refractivity contribution in [1.82, 2.24) is 0 Å². The fourth-order valence-electron chi connectivity index (χ4n) is 3.39. The van der Waals surface area contributed by atoms with E-state index in [4.69, 9.17) is 16.3 Å². The summed E-state index contributed by atoms with van der Waals surface area (Å²) in [5.74, 6) is 0.399. The standard InChI is InChI=1S/C25H21ClFNO/c1-17-5-4-6-18(13-17)16-29-25-12-9-19-7-2-3-8-21(19)22(25)15-28-20-10-11-24(27)23(26)14-20/h2-14,28H,15-16H2,1H3. The van der Waals surface area contributed by atoms with Gasteiger partial charge in [-0.1, -0.05) is 71.8 Å². The number of halogens is 2. The van der Waals surface area contributed by atoms with Crippen molar-refractivity contribution in [2.75, 3.05) is 5.32 Å². The maximum atomic E-state index is 13.4. The Labute approximate surface area is 174 Å². The van der Waals surface area contributed by atoms with Gasteiger partial charge in [0.25, 0.3) is 0 Å². The van der Waals surface area contributed by atoms with E-state index in [1.807, 2.05) is 24.3 Å². The molecule has 0 fully saturated rings. The fourth-order valence-corrected chi connectivity index (χ4v) is 3.57. The zero-order chi connectivity index (χ0) is 20.2. The van der Waals surface area contributed by atoms with Gasteiger partial charge in [-0.25, -0.2) is 4.39 Å². The van der Waals surface area contributed by atoms with E-state index in [1.54, 1.807) is 12.1 Å². The van der Waals surface area contributed by atoms with Crippen LogP contribution in [0.25, 0.3) is 10.8 Å². The van der Waals surface area contributed by atoms with E-state index in [-0.39, 0.29) is 5.02 Å². The minimum Gasteiger partial charge on any atom is -0.489 e. The Morgan fingerprint density at radius 2 is 1.79 bits per heavy atom. The normalized spacial score (nSPS) is 10.9. The van der Waals surface area contributed by atoms with Gasteiger partial charge in [-0.15, -0.1) is 0 Å². The summed E-state index contributed by atoms with van der Waals surface area (Å²) < 4.78 is 19.6. The molecule has 4 rings (SSSR count). The third-order valence-electron chi connectivity index (χ3n) is 4.86. The number of fused-ring (bicyclic) bond motifs is 1. The Bertz CT molecular complexity index is 1160. The van der Waals surface area contributed by atoms with Gasteiger partial charge in [-0.05, 0) is 47.5 Å². The molecule has 4 heteroatoms. The number of anilines is 1. The third kappa shape index (κ3) is 4.52. The maximum Gasteiger partial charge on any atom is 0.141 e. The third-order valence-corrected chi connectivity index (χ3v) is 5.15. The zero-order valence-corrected chi connectivity index (χ0v) is 16.8. The number of rotatable bonds is 6. The fraction of sp³-hybridized carbons (Fsp3) is 0.120. The van der Waals surface area contributed by atoms with Crippen LogP contribution in [0.15, 0.2) is 78.9 Å². The molecule has 4 aromatic rings. The molecule has 0 heterocycles. The predicted molar refractivity (Wildman–Crippen MR) is 118 cm³/mol. The first kappa shape index (κ1) is 19.3. The molecule has 0 spiro atoms. The number of hydrogen-bond donors (Lipinski definition) is 1. The van der Waals surface area contributed by atoms with Gasteiger partial charge in [0.2, 0.25) is 0 Å². The van der Waals surface area contributed by atoms with Crippen LogP contribution in [0.4, 0.5) is 10.1 Å². The zero-order valence-electron chi connectivity index (χ0n) is 16.1. The van der Waals surface area contributed by atoms with Gasteiger partial charge in [-0.2, -0.15) is 0 Å². The molecule has 2 nitrogen and oxygen atoms in total. The van der Waals surface area contributed by atoms with E-state index >= 15 is 0 Å². The average Bonchev–Trinajstić information content (AvgIpc) is 2.73. The lowest BCUT2D eigenvalue weighted by Crippen LogP contribution is -2.05. The van der Waals surface area contributed by atoms with Crippen molar-refractivity contribution in [3.63, 3.8) is 0 Å². The van der Waals surface area contributed by atoms with Crippen LogP contribution in [0.2, 0.25) is 5.02 Å². The van der Waals surface area contributed by atoms with E-state index < -0.39 is 5.82 Å². The van der Waals surface area contributed by atoms with Gasteiger partial charge in [-0.3, -0.25) is 0 Å². The number of benzene rings is 4. The van der Waals surface area contributed by atoms with Crippen LogP contribution in [-0.2, 0) is 13.2 Å². The van der Waals surface area contributed by atoms with Crippen LogP contribution in [0.5, 0.6) is 5.75 Å². The van der Waals surface area contributed by atoms with Crippen molar-refractivity contribution in [2.45, 2.75) is 20.1 Å². The summed E-state index contributed by atoms with van der Waals surface area (Å²) in [4.78, 5) is 0. The maximum absolute atomic E-state index is 13.4. The molecule has 1 N–H and O–H groups in total. The molecule has 0 unspecified atom stereocenters. The monoisotopic (exact) mass is 405 g/mol. The Morgan fingerprint density at radius 1 is 0.931 bits per heavy atom. The van der Waals surface area contributed by atoms with Gasteiger partial charge < -0.3 is 10.1 Å². The molecule has 0 saturated heterocycles. The lowest BCUT2D eigenvalue weighted by Gasteiger charge is -2.16. The summed E-state index contributed by atoms with van der Waals surface area (Å²) in [6.07, 6.45) is 0. The van der Waals surface area contributed by atoms with Crippen LogP contribution in [0.1, 0.15) is 16.7 Å². The number of aryl methyl sites for hydroxylation is 1. The largest absolute Gasteiger partial charge is 0.489 e. The van der Waals surface area contributed by atoms with E-state index in [2.05, 4.69) is 48.6 Å². The summed E-state index contributed by atoms with van der Waals surface area (Å²) in [5, 5.41) is 5.70. The molecule has 0 saturated carbocycles. The molecule has 0 amide bonds. The molecule has 0 aliphatic heterocycles. The molecular formula is C25H21ClFNO. The minimum absolute atomic E-state index is 0.101.